The highest BCUT2D eigenvalue weighted by atomic mass is 15.3. The second-order valence-corrected chi connectivity index (χ2v) is 4.55. The Morgan fingerprint density at radius 3 is 2.76 bits per heavy atom. The van der Waals surface area contributed by atoms with Gasteiger partial charge in [0.2, 0.25) is 0 Å². The molecule has 0 atom stereocenters. The molecule has 0 aliphatic heterocycles. The average Bonchev–Trinajstić information content (AvgIpc) is 2.89. The summed E-state index contributed by atoms with van der Waals surface area (Å²) in [5.41, 5.74) is 3.54. The summed E-state index contributed by atoms with van der Waals surface area (Å²) in [4.78, 5) is 0. The Morgan fingerprint density at radius 2 is 2.18 bits per heavy atom. The van der Waals surface area contributed by atoms with E-state index in [1.54, 1.807) is 0 Å². The zero-order valence-electron chi connectivity index (χ0n) is 10.6. The lowest BCUT2D eigenvalue weighted by molar-refractivity contribution is 0.531. The highest BCUT2D eigenvalue weighted by Gasteiger charge is 2.02. The van der Waals surface area contributed by atoms with Crippen LogP contribution in [0.2, 0.25) is 0 Å². The van der Waals surface area contributed by atoms with E-state index in [-0.39, 0.29) is 0 Å². The first-order valence-electron chi connectivity index (χ1n) is 5.89. The normalized spacial score (nSPS) is 11.3. The van der Waals surface area contributed by atoms with Crippen LogP contribution < -0.4 is 5.32 Å². The van der Waals surface area contributed by atoms with Crippen LogP contribution in [0.4, 0.5) is 0 Å². The largest absolute Gasteiger partial charge is 0.308 e. The van der Waals surface area contributed by atoms with E-state index in [0.717, 1.165) is 18.8 Å². The number of aromatic amines is 1. The molecule has 2 aromatic heterocycles. The molecule has 92 valence electrons. The fraction of sp³-hybridized carbons (Fsp3) is 0.500. The van der Waals surface area contributed by atoms with Crippen molar-refractivity contribution in [3.05, 3.63) is 35.4 Å². The van der Waals surface area contributed by atoms with E-state index in [2.05, 4.69) is 40.7 Å². The molecule has 0 saturated heterocycles. The molecule has 0 unspecified atom stereocenters. The first-order chi connectivity index (χ1) is 8.16. The van der Waals surface area contributed by atoms with Gasteiger partial charge in [0.1, 0.15) is 0 Å². The quantitative estimate of drug-likeness (QED) is 0.827. The van der Waals surface area contributed by atoms with Crippen LogP contribution in [0.3, 0.4) is 0 Å². The monoisotopic (exact) mass is 233 g/mol. The number of rotatable bonds is 5. The summed E-state index contributed by atoms with van der Waals surface area (Å²) in [7, 11) is 0. The SMILES string of the molecule is Cc1[nH]ncc1CNCc1cnn(C(C)C)c1. The molecule has 17 heavy (non-hydrogen) atoms. The minimum Gasteiger partial charge on any atom is -0.308 e. The van der Waals surface area contributed by atoms with E-state index in [1.165, 1.54) is 11.1 Å². The number of hydrogen-bond acceptors (Lipinski definition) is 3. The highest BCUT2D eigenvalue weighted by molar-refractivity contribution is 5.14. The van der Waals surface area contributed by atoms with E-state index in [0.29, 0.717) is 6.04 Å². The van der Waals surface area contributed by atoms with E-state index in [1.807, 2.05) is 24.0 Å². The van der Waals surface area contributed by atoms with Gasteiger partial charge in [0.15, 0.2) is 0 Å². The first-order valence-corrected chi connectivity index (χ1v) is 5.89. The van der Waals surface area contributed by atoms with Gasteiger partial charge in [-0.05, 0) is 20.8 Å². The first kappa shape index (κ1) is 11.9. The van der Waals surface area contributed by atoms with Crippen LogP contribution in [0, 0.1) is 6.92 Å². The molecular weight excluding hydrogens is 214 g/mol. The van der Waals surface area contributed by atoms with Crippen molar-refractivity contribution in [3.8, 4) is 0 Å². The summed E-state index contributed by atoms with van der Waals surface area (Å²) >= 11 is 0. The summed E-state index contributed by atoms with van der Waals surface area (Å²) < 4.78 is 1.97. The molecule has 0 amide bonds. The van der Waals surface area contributed by atoms with Crippen LogP contribution >= 0.6 is 0 Å². The van der Waals surface area contributed by atoms with Gasteiger partial charge >= 0.3 is 0 Å². The van der Waals surface area contributed by atoms with Gasteiger partial charge in [0, 0.05) is 42.1 Å². The number of hydrogen-bond donors (Lipinski definition) is 2. The summed E-state index contributed by atoms with van der Waals surface area (Å²) in [5.74, 6) is 0. The molecular formula is C12H19N5. The third-order valence-corrected chi connectivity index (χ3v) is 2.76. The van der Waals surface area contributed by atoms with E-state index in [9.17, 15) is 0 Å². The van der Waals surface area contributed by atoms with Crippen LogP contribution in [0.15, 0.2) is 18.6 Å². The van der Waals surface area contributed by atoms with Crippen LogP contribution in [-0.4, -0.2) is 20.0 Å². The third-order valence-electron chi connectivity index (χ3n) is 2.76. The summed E-state index contributed by atoms with van der Waals surface area (Å²) in [6.07, 6.45) is 5.86. The molecule has 5 nitrogen and oxygen atoms in total. The standard InChI is InChI=1S/C12H19N5/c1-9(2)17-8-11(5-15-17)4-13-6-12-7-14-16-10(12)3/h5,7-9,13H,4,6H2,1-3H3,(H,14,16). The van der Waals surface area contributed by atoms with Crippen LogP contribution in [-0.2, 0) is 13.1 Å². The summed E-state index contributed by atoms with van der Waals surface area (Å²) in [6, 6.07) is 0.417. The predicted octanol–water partition coefficient (Wildman–Crippen LogP) is 1.79. The third kappa shape index (κ3) is 2.94. The molecule has 2 aromatic rings. The Labute approximate surface area is 101 Å². The van der Waals surface area contributed by atoms with Gasteiger partial charge in [0.05, 0.1) is 12.4 Å². The van der Waals surface area contributed by atoms with Crippen molar-refractivity contribution in [2.45, 2.75) is 39.9 Å². The molecule has 0 radical (unpaired) electrons. The smallest absolute Gasteiger partial charge is 0.0535 e. The fourth-order valence-electron chi connectivity index (χ4n) is 1.65. The van der Waals surface area contributed by atoms with Crippen LogP contribution in [0.5, 0.6) is 0 Å². The maximum absolute atomic E-state index is 4.31. The molecule has 2 N–H and O–H groups in total. The number of aromatic nitrogens is 4. The van der Waals surface area contributed by atoms with Gasteiger partial charge in [-0.2, -0.15) is 10.2 Å². The Hall–Kier alpha value is -1.62. The lowest BCUT2D eigenvalue weighted by atomic mass is 10.2. The van der Waals surface area contributed by atoms with E-state index < -0.39 is 0 Å². The minimum absolute atomic E-state index is 0.417. The average molecular weight is 233 g/mol. The van der Waals surface area contributed by atoms with Crippen LogP contribution in [0.25, 0.3) is 0 Å². The second kappa shape index (κ2) is 5.14. The molecule has 0 saturated carbocycles. The lowest BCUT2D eigenvalue weighted by Gasteiger charge is -2.04. The minimum atomic E-state index is 0.417. The maximum atomic E-state index is 4.31. The lowest BCUT2D eigenvalue weighted by Crippen LogP contribution is -2.12. The van der Waals surface area contributed by atoms with Gasteiger partial charge in [-0.3, -0.25) is 9.78 Å². The summed E-state index contributed by atoms with van der Waals surface area (Å²) in [6.45, 7) is 7.94. The van der Waals surface area contributed by atoms with Crippen molar-refractivity contribution < 1.29 is 0 Å². The Kier molecular flexibility index (Phi) is 3.58. The zero-order chi connectivity index (χ0) is 12.3. The van der Waals surface area contributed by atoms with Crippen molar-refractivity contribution in [2.75, 3.05) is 0 Å². The van der Waals surface area contributed by atoms with Crippen LogP contribution in [0.1, 0.15) is 36.7 Å². The number of H-pyrrole nitrogens is 1. The molecule has 0 aliphatic carbocycles. The molecule has 0 spiro atoms. The Bertz CT molecular complexity index is 469. The molecule has 2 heterocycles. The van der Waals surface area contributed by atoms with E-state index in [4.69, 9.17) is 0 Å². The molecule has 0 aliphatic rings. The maximum Gasteiger partial charge on any atom is 0.0535 e. The zero-order valence-corrected chi connectivity index (χ0v) is 10.6. The fourth-order valence-corrected chi connectivity index (χ4v) is 1.65. The number of nitrogens with one attached hydrogen (secondary N) is 2. The van der Waals surface area contributed by atoms with Crippen molar-refractivity contribution in [1.82, 2.24) is 25.3 Å². The molecule has 0 aromatic carbocycles. The van der Waals surface area contributed by atoms with Crippen molar-refractivity contribution >= 4 is 0 Å². The number of aryl methyl sites for hydroxylation is 1. The topological polar surface area (TPSA) is 58.5 Å². The van der Waals surface area contributed by atoms with Crippen molar-refractivity contribution in [2.24, 2.45) is 0 Å². The second-order valence-electron chi connectivity index (χ2n) is 4.55. The van der Waals surface area contributed by atoms with Crippen molar-refractivity contribution in [1.29, 1.82) is 0 Å². The molecule has 5 heteroatoms. The highest BCUT2D eigenvalue weighted by Crippen LogP contribution is 2.06. The molecule has 0 bridgehead atoms. The van der Waals surface area contributed by atoms with Gasteiger partial charge in [-0.15, -0.1) is 0 Å². The predicted molar refractivity (Wildman–Crippen MR) is 66.5 cm³/mol. The molecule has 0 fully saturated rings. The van der Waals surface area contributed by atoms with Crippen molar-refractivity contribution in [3.63, 3.8) is 0 Å². The molecule has 2 rings (SSSR count). The Morgan fingerprint density at radius 1 is 1.35 bits per heavy atom. The van der Waals surface area contributed by atoms with Gasteiger partial charge in [0.25, 0.3) is 0 Å². The van der Waals surface area contributed by atoms with Gasteiger partial charge < -0.3 is 5.32 Å². The number of nitrogens with zero attached hydrogens (tertiary/aromatic N) is 3. The van der Waals surface area contributed by atoms with E-state index >= 15 is 0 Å². The summed E-state index contributed by atoms with van der Waals surface area (Å²) in [5, 5.41) is 14.6. The van der Waals surface area contributed by atoms with Gasteiger partial charge in [-0.25, -0.2) is 0 Å². The van der Waals surface area contributed by atoms with Gasteiger partial charge in [-0.1, -0.05) is 0 Å². The Balaban J connectivity index is 1.84.